The van der Waals surface area contributed by atoms with Gasteiger partial charge in [-0.1, -0.05) is 32.0 Å². The molecule has 2 aliphatic rings. The third kappa shape index (κ3) is 5.91. The minimum Gasteiger partial charge on any atom is -0.493 e. The molecule has 3 atom stereocenters. The van der Waals surface area contributed by atoms with E-state index < -0.39 is 40.1 Å². The van der Waals surface area contributed by atoms with E-state index in [1.54, 1.807) is 42.5 Å². The molecule has 0 saturated carbocycles. The molecule has 2 fully saturated rings. The van der Waals surface area contributed by atoms with Crippen LogP contribution < -0.4 is 14.8 Å². The second-order valence-corrected chi connectivity index (χ2v) is 12.5. The Labute approximate surface area is 237 Å². The molecule has 13 heteroatoms. The van der Waals surface area contributed by atoms with Crippen molar-refractivity contribution in [1.29, 1.82) is 0 Å². The number of nitrogens with one attached hydrogen (secondary N) is 1. The van der Waals surface area contributed by atoms with Crippen LogP contribution in [0.1, 0.15) is 32.4 Å². The van der Waals surface area contributed by atoms with E-state index in [4.69, 9.17) is 13.9 Å². The summed E-state index contributed by atoms with van der Waals surface area (Å²) in [5, 5.41) is 3.29. The summed E-state index contributed by atoms with van der Waals surface area (Å²) in [7, 11) is -2.36. The minimum absolute atomic E-state index is 0.0210. The summed E-state index contributed by atoms with van der Waals surface area (Å²) in [6.45, 7) is 3.68. The van der Waals surface area contributed by atoms with Crippen LogP contribution in [0.25, 0.3) is 11.0 Å². The molecule has 4 heterocycles. The molecule has 5 rings (SSSR count). The van der Waals surface area contributed by atoms with Crippen LogP contribution in [0.15, 0.2) is 53.1 Å². The van der Waals surface area contributed by atoms with Crippen LogP contribution in [0.5, 0.6) is 11.7 Å². The van der Waals surface area contributed by atoms with Gasteiger partial charge >= 0.3 is 6.09 Å². The van der Waals surface area contributed by atoms with Crippen molar-refractivity contribution < 1.29 is 36.7 Å². The Morgan fingerprint density at radius 3 is 2.71 bits per heavy atom. The highest BCUT2D eigenvalue weighted by molar-refractivity contribution is 7.88. The number of methoxy groups -OCH3 is 1. The first kappa shape index (κ1) is 28.6. The van der Waals surface area contributed by atoms with Gasteiger partial charge in [0, 0.05) is 24.2 Å². The number of furan rings is 1. The third-order valence-electron chi connectivity index (χ3n) is 7.27. The highest BCUT2D eigenvalue weighted by Crippen LogP contribution is 2.34. The van der Waals surface area contributed by atoms with Gasteiger partial charge in [-0.3, -0.25) is 14.6 Å². The Bertz CT molecular complexity index is 1560. The van der Waals surface area contributed by atoms with Crippen LogP contribution >= 0.6 is 0 Å². The number of hydrogen-bond acceptors (Lipinski definition) is 9. The molecule has 2 saturated heterocycles. The SMILES string of the molecule is COc1cccc2cc(OC(=O)NC(CC(C)C)C(=O)N3CCC4C3C(=O)CN4S(=O)(=O)Cc3ccccn3)oc12. The average Bonchev–Trinajstić information content (AvgIpc) is 3.62. The van der Waals surface area contributed by atoms with Crippen molar-refractivity contribution in [2.24, 2.45) is 5.92 Å². The number of aromatic nitrogens is 1. The Hall–Kier alpha value is -3.97. The number of benzene rings is 1. The topological polar surface area (TPSA) is 148 Å². The number of rotatable bonds is 9. The zero-order valence-electron chi connectivity index (χ0n) is 23.0. The largest absolute Gasteiger partial charge is 0.493 e. The van der Waals surface area contributed by atoms with Crippen molar-refractivity contribution in [1.82, 2.24) is 19.5 Å². The summed E-state index contributed by atoms with van der Waals surface area (Å²) in [5.41, 5.74) is 0.787. The number of pyridine rings is 1. The molecule has 0 spiro atoms. The fourth-order valence-corrected chi connectivity index (χ4v) is 7.18. The molecule has 0 aliphatic carbocycles. The van der Waals surface area contributed by atoms with Gasteiger partial charge in [0.25, 0.3) is 5.95 Å². The predicted octanol–water partition coefficient (Wildman–Crippen LogP) is 2.72. The van der Waals surface area contributed by atoms with E-state index in [2.05, 4.69) is 10.3 Å². The predicted molar refractivity (Wildman–Crippen MR) is 148 cm³/mol. The fraction of sp³-hybridized carbons (Fsp3) is 0.429. The van der Waals surface area contributed by atoms with Gasteiger partial charge in [0.1, 0.15) is 17.8 Å². The van der Waals surface area contributed by atoms with Crippen LogP contribution in [0.3, 0.4) is 0 Å². The zero-order chi connectivity index (χ0) is 29.3. The number of nitrogens with zero attached hydrogens (tertiary/aromatic N) is 3. The molecule has 1 aromatic carbocycles. The first-order chi connectivity index (χ1) is 19.6. The third-order valence-corrected chi connectivity index (χ3v) is 9.05. The molecule has 218 valence electrons. The molecule has 0 radical (unpaired) electrons. The number of hydrogen-bond donors (Lipinski definition) is 1. The normalized spacial score (nSPS) is 19.9. The van der Waals surface area contributed by atoms with Crippen LogP contribution in [0.4, 0.5) is 4.79 Å². The van der Waals surface area contributed by atoms with E-state index in [9.17, 15) is 22.8 Å². The molecular formula is C28H32N4O8S. The van der Waals surface area contributed by atoms with Crippen LogP contribution in [0.2, 0.25) is 0 Å². The molecule has 41 heavy (non-hydrogen) atoms. The first-order valence-corrected chi connectivity index (χ1v) is 15.0. The molecule has 3 aromatic rings. The van der Waals surface area contributed by atoms with Gasteiger partial charge in [-0.2, -0.15) is 4.31 Å². The van der Waals surface area contributed by atoms with E-state index >= 15 is 0 Å². The van der Waals surface area contributed by atoms with Gasteiger partial charge in [0.15, 0.2) is 17.1 Å². The molecule has 12 nitrogen and oxygen atoms in total. The lowest BCUT2D eigenvalue weighted by Gasteiger charge is -2.28. The quantitative estimate of drug-likeness (QED) is 0.401. The smallest absolute Gasteiger partial charge is 0.415 e. The Morgan fingerprint density at radius 2 is 2.00 bits per heavy atom. The summed E-state index contributed by atoms with van der Waals surface area (Å²) in [4.78, 5) is 45.1. The first-order valence-electron chi connectivity index (χ1n) is 13.3. The minimum atomic E-state index is -3.86. The van der Waals surface area contributed by atoms with Crippen molar-refractivity contribution in [3.63, 3.8) is 0 Å². The summed E-state index contributed by atoms with van der Waals surface area (Å²) in [6, 6.07) is 9.22. The number of fused-ring (bicyclic) bond motifs is 2. The van der Waals surface area contributed by atoms with Gasteiger partial charge in [0.05, 0.1) is 25.4 Å². The molecule has 2 aliphatic heterocycles. The van der Waals surface area contributed by atoms with E-state index in [0.717, 1.165) is 0 Å². The summed E-state index contributed by atoms with van der Waals surface area (Å²) in [5.74, 6) is -0.729. The molecule has 2 aromatic heterocycles. The van der Waals surface area contributed by atoms with Crippen molar-refractivity contribution in [3.8, 4) is 11.7 Å². The van der Waals surface area contributed by atoms with E-state index in [1.165, 1.54) is 22.5 Å². The van der Waals surface area contributed by atoms with Gasteiger partial charge in [-0.25, -0.2) is 13.2 Å². The van der Waals surface area contributed by atoms with Crippen molar-refractivity contribution in [3.05, 3.63) is 54.4 Å². The summed E-state index contributed by atoms with van der Waals surface area (Å²) >= 11 is 0. The zero-order valence-corrected chi connectivity index (χ0v) is 23.8. The van der Waals surface area contributed by atoms with E-state index in [1.807, 2.05) is 13.8 Å². The highest BCUT2D eigenvalue weighted by atomic mass is 32.2. The number of ketones is 1. The fourth-order valence-electron chi connectivity index (χ4n) is 5.52. The highest BCUT2D eigenvalue weighted by Gasteiger charge is 2.54. The molecule has 0 bridgehead atoms. The molecular weight excluding hydrogens is 552 g/mol. The number of carbonyl (C=O) groups excluding carboxylic acids is 3. The van der Waals surface area contributed by atoms with E-state index in [0.29, 0.717) is 28.8 Å². The summed E-state index contributed by atoms with van der Waals surface area (Å²) < 4.78 is 43.9. The number of Topliss-reactive ketones (excluding diaryl/α,β-unsaturated/α-hetero) is 1. The van der Waals surface area contributed by atoms with Crippen LogP contribution in [0, 0.1) is 5.92 Å². The molecule has 1 N–H and O–H groups in total. The van der Waals surface area contributed by atoms with Crippen molar-refractivity contribution in [2.45, 2.75) is 50.6 Å². The number of ether oxygens (including phenoxy) is 2. The van der Waals surface area contributed by atoms with Gasteiger partial charge in [-0.05, 0) is 37.0 Å². The number of sulfonamides is 1. The van der Waals surface area contributed by atoms with Crippen molar-refractivity contribution in [2.75, 3.05) is 20.2 Å². The second kappa shape index (κ2) is 11.5. The standard InChI is InChI=1S/C28H32N4O8S/c1-17(2)13-20(30-28(35)40-24-14-18-7-6-9-23(38-3)26(18)39-24)27(34)31-12-10-21-25(31)22(33)15-32(21)41(36,37)16-19-8-4-5-11-29-19/h4-9,11,14,17,20-21,25H,10,12-13,15-16H2,1-3H3,(H,30,35). The maximum absolute atomic E-state index is 13.7. The monoisotopic (exact) mass is 584 g/mol. The van der Waals surface area contributed by atoms with Gasteiger partial charge in [-0.15, -0.1) is 0 Å². The van der Waals surface area contributed by atoms with Gasteiger partial charge in [0.2, 0.25) is 15.9 Å². The molecule has 2 amide bonds. The lowest BCUT2D eigenvalue weighted by molar-refractivity contribution is -0.138. The van der Waals surface area contributed by atoms with Crippen molar-refractivity contribution >= 4 is 38.8 Å². The maximum atomic E-state index is 13.7. The lowest BCUT2D eigenvalue weighted by Crippen LogP contribution is -2.53. The Morgan fingerprint density at radius 1 is 1.20 bits per heavy atom. The Balaban J connectivity index is 1.29. The van der Waals surface area contributed by atoms with Crippen LogP contribution in [-0.4, -0.2) is 78.7 Å². The van der Waals surface area contributed by atoms with Gasteiger partial charge < -0.3 is 24.1 Å². The summed E-state index contributed by atoms with van der Waals surface area (Å²) in [6.07, 6.45) is 1.21. The number of likely N-dealkylation sites (tertiary alicyclic amines) is 1. The second-order valence-electron chi connectivity index (χ2n) is 10.6. The van der Waals surface area contributed by atoms with E-state index in [-0.39, 0.29) is 42.9 Å². The van der Waals surface area contributed by atoms with Crippen LogP contribution in [-0.2, 0) is 25.4 Å². The average molecular weight is 585 g/mol. The lowest BCUT2D eigenvalue weighted by atomic mass is 10.0. The number of carbonyl (C=O) groups is 3. The number of amides is 2. The molecule has 3 unspecified atom stereocenters. The number of para-hydroxylation sites is 1. The Kier molecular flexibility index (Phi) is 8.00. The maximum Gasteiger partial charge on any atom is 0.415 e.